The normalized spacial score (nSPS) is 10.3. The number of aromatic nitrogens is 2. The summed E-state index contributed by atoms with van der Waals surface area (Å²) < 4.78 is 0. The molecule has 2 amide bonds. The predicted octanol–water partition coefficient (Wildman–Crippen LogP) is 2.99. The van der Waals surface area contributed by atoms with Crippen molar-refractivity contribution >= 4 is 23.4 Å². The van der Waals surface area contributed by atoms with E-state index >= 15 is 0 Å². The molecule has 2 heterocycles. The minimum absolute atomic E-state index is 0.163. The standard InChI is InChI=1S/C20H17ClN4O2/c21-17-7-2-1-5-15(17)12-24-19(26)14-8-10-23-18(11-14)20(27)25-13-16-6-3-4-9-22-16/h1-11H,12-13H2,(H,24,26)(H,25,27). The first kappa shape index (κ1) is 18.5. The van der Waals surface area contributed by atoms with E-state index in [9.17, 15) is 9.59 Å². The summed E-state index contributed by atoms with van der Waals surface area (Å²) in [5, 5.41) is 6.11. The summed E-state index contributed by atoms with van der Waals surface area (Å²) in [5.41, 5.74) is 2.06. The Labute approximate surface area is 161 Å². The van der Waals surface area contributed by atoms with Gasteiger partial charge in [0, 0.05) is 29.5 Å². The average molecular weight is 381 g/mol. The number of hydrogen-bond donors (Lipinski definition) is 2. The number of rotatable bonds is 6. The molecule has 0 aliphatic rings. The third-order valence-corrected chi connectivity index (χ3v) is 4.18. The molecule has 7 heteroatoms. The first-order chi connectivity index (χ1) is 13.1. The number of benzene rings is 1. The Morgan fingerprint density at radius 1 is 0.852 bits per heavy atom. The van der Waals surface area contributed by atoms with Crippen molar-refractivity contribution in [2.45, 2.75) is 13.1 Å². The van der Waals surface area contributed by atoms with Crippen LogP contribution in [0.2, 0.25) is 5.02 Å². The zero-order chi connectivity index (χ0) is 19.1. The van der Waals surface area contributed by atoms with Crippen LogP contribution in [0.3, 0.4) is 0 Å². The fraction of sp³-hybridized carbons (Fsp3) is 0.100. The minimum Gasteiger partial charge on any atom is -0.348 e. The highest BCUT2D eigenvalue weighted by atomic mass is 35.5. The summed E-state index contributed by atoms with van der Waals surface area (Å²) in [7, 11) is 0. The Morgan fingerprint density at radius 2 is 1.63 bits per heavy atom. The lowest BCUT2D eigenvalue weighted by molar-refractivity contribution is 0.0945. The van der Waals surface area contributed by atoms with Crippen molar-refractivity contribution in [3.8, 4) is 0 Å². The van der Waals surface area contributed by atoms with Gasteiger partial charge in [0.1, 0.15) is 5.69 Å². The van der Waals surface area contributed by atoms with Gasteiger partial charge in [-0.1, -0.05) is 35.9 Å². The van der Waals surface area contributed by atoms with E-state index in [2.05, 4.69) is 20.6 Å². The summed E-state index contributed by atoms with van der Waals surface area (Å²) >= 11 is 6.09. The summed E-state index contributed by atoms with van der Waals surface area (Å²) in [5.74, 6) is -0.683. The van der Waals surface area contributed by atoms with Gasteiger partial charge in [0.2, 0.25) is 0 Å². The summed E-state index contributed by atoms with van der Waals surface area (Å²) in [6.07, 6.45) is 3.09. The first-order valence-corrected chi connectivity index (χ1v) is 8.67. The average Bonchev–Trinajstić information content (AvgIpc) is 2.72. The third-order valence-electron chi connectivity index (χ3n) is 3.81. The van der Waals surface area contributed by atoms with Gasteiger partial charge < -0.3 is 10.6 Å². The number of pyridine rings is 2. The van der Waals surface area contributed by atoms with Crippen molar-refractivity contribution in [2.24, 2.45) is 0 Å². The van der Waals surface area contributed by atoms with E-state index in [-0.39, 0.29) is 24.1 Å². The van der Waals surface area contributed by atoms with Crippen LogP contribution in [0.4, 0.5) is 0 Å². The van der Waals surface area contributed by atoms with Gasteiger partial charge in [0.25, 0.3) is 11.8 Å². The molecule has 3 aromatic rings. The molecule has 0 spiro atoms. The molecule has 0 radical (unpaired) electrons. The number of carbonyl (C=O) groups excluding carboxylic acids is 2. The van der Waals surface area contributed by atoms with Crippen molar-refractivity contribution in [2.75, 3.05) is 0 Å². The van der Waals surface area contributed by atoms with Gasteiger partial charge >= 0.3 is 0 Å². The molecule has 0 aliphatic carbocycles. The molecule has 2 N–H and O–H groups in total. The zero-order valence-corrected chi connectivity index (χ0v) is 15.1. The molecule has 0 unspecified atom stereocenters. The van der Waals surface area contributed by atoms with Crippen LogP contribution in [0.15, 0.2) is 67.0 Å². The maximum atomic E-state index is 12.4. The van der Waals surface area contributed by atoms with Crippen LogP contribution < -0.4 is 10.6 Å². The molecular weight excluding hydrogens is 364 g/mol. The molecule has 0 bridgehead atoms. The number of halogens is 1. The van der Waals surface area contributed by atoms with Crippen LogP contribution in [-0.2, 0) is 13.1 Å². The highest BCUT2D eigenvalue weighted by molar-refractivity contribution is 6.31. The third kappa shape index (κ3) is 5.12. The van der Waals surface area contributed by atoms with Crippen molar-refractivity contribution < 1.29 is 9.59 Å². The van der Waals surface area contributed by atoms with Crippen molar-refractivity contribution in [1.82, 2.24) is 20.6 Å². The van der Waals surface area contributed by atoms with Crippen LogP contribution in [-0.4, -0.2) is 21.8 Å². The monoisotopic (exact) mass is 380 g/mol. The van der Waals surface area contributed by atoms with Crippen LogP contribution >= 0.6 is 11.6 Å². The molecule has 0 saturated heterocycles. The van der Waals surface area contributed by atoms with Crippen molar-refractivity contribution in [3.05, 3.63) is 94.5 Å². The molecular formula is C20H17ClN4O2. The fourth-order valence-electron chi connectivity index (χ4n) is 2.38. The maximum absolute atomic E-state index is 12.4. The lowest BCUT2D eigenvalue weighted by Crippen LogP contribution is -2.26. The van der Waals surface area contributed by atoms with Gasteiger partial charge in [-0.3, -0.25) is 19.6 Å². The molecule has 136 valence electrons. The summed E-state index contributed by atoms with van der Waals surface area (Å²) in [6, 6.07) is 15.7. The van der Waals surface area contributed by atoms with E-state index in [0.29, 0.717) is 17.1 Å². The topological polar surface area (TPSA) is 84.0 Å². The quantitative estimate of drug-likeness (QED) is 0.688. The molecule has 27 heavy (non-hydrogen) atoms. The van der Waals surface area contributed by atoms with Crippen LogP contribution in [0.25, 0.3) is 0 Å². The maximum Gasteiger partial charge on any atom is 0.270 e. The van der Waals surface area contributed by atoms with E-state index in [1.54, 1.807) is 24.4 Å². The SMILES string of the molecule is O=C(NCc1ccccc1Cl)c1ccnc(C(=O)NCc2ccccn2)c1. The number of amides is 2. The van der Waals surface area contributed by atoms with Gasteiger partial charge in [-0.05, 0) is 35.9 Å². The second-order valence-corrected chi connectivity index (χ2v) is 6.11. The van der Waals surface area contributed by atoms with Crippen molar-refractivity contribution in [3.63, 3.8) is 0 Å². The Balaban J connectivity index is 1.61. The number of nitrogens with one attached hydrogen (secondary N) is 2. The lowest BCUT2D eigenvalue weighted by Gasteiger charge is -2.08. The van der Waals surface area contributed by atoms with E-state index in [1.165, 1.54) is 12.3 Å². The largest absolute Gasteiger partial charge is 0.348 e. The smallest absolute Gasteiger partial charge is 0.270 e. The first-order valence-electron chi connectivity index (χ1n) is 8.29. The van der Waals surface area contributed by atoms with E-state index in [0.717, 1.165) is 11.3 Å². The summed E-state index contributed by atoms with van der Waals surface area (Å²) in [4.78, 5) is 32.8. The van der Waals surface area contributed by atoms with E-state index in [1.807, 2.05) is 30.3 Å². The van der Waals surface area contributed by atoms with Crippen LogP contribution in [0.1, 0.15) is 32.1 Å². The molecule has 0 fully saturated rings. The molecule has 2 aromatic heterocycles. The second-order valence-electron chi connectivity index (χ2n) is 5.71. The molecule has 0 atom stereocenters. The molecule has 3 rings (SSSR count). The van der Waals surface area contributed by atoms with Gasteiger partial charge in [-0.2, -0.15) is 0 Å². The number of hydrogen-bond acceptors (Lipinski definition) is 4. The van der Waals surface area contributed by atoms with E-state index in [4.69, 9.17) is 11.6 Å². The van der Waals surface area contributed by atoms with E-state index < -0.39 is 0 Å². The number of nitrogens with zero attached hydrogens (tertiary/aromatic N) is 2. The van der Waals surface area contributed by atoms with Gasteiger partial charge in [0.15, 0.2) is 0 Å². The number of carbonyl (C=O) groups is 2. The van der Waals surface area contributed by atoms with Crippen LogP contribution in [0, 0.1) is 0 Å². The predicted molar refractivity (Wildman–Crippen MR) is 102 cm³/mol. The molecule has 6 nitrogen and oxygen atoms in total. The summed E-state index contributed by atoms with van der Waals surface area (Å²) in [6.45, 7) is 0.576. The van der Waals surface area contributed by atoms with Gasteiger partial charge in [0.05, 0.1) is 12.2 Å². The highest BCUT2D eigenvalue weighted by Crippen LogP contribution is 2.14. The van der Waals surface area contributed by atoms with Crippen molar-refractivity contribution in [1.29, 1.82) is 0 Å². The minimum atomic E-state index is -0.374. The fourth-order valence-corrected chi connectivity index (χ4v) is 2.58. The Bertz CT molecular complexity index is 947. The Kier molecular flexibility index (Phi) is 6.12. The highest BCUT2D eigenvalue weighted by Gasteiger charge is 2.12. The molecule has 0 saturated carbocycles. The Hall–Kier alpha value is -3.25. The van der Waals surface area contributed by atoms with Gasteiger partial charge in [-0.15, -0.1) is 0 Å². The van der Waals surface area contributed by atoms with Crippen LogP contribution in [0.5, 0.6) is 0 Å². The Morgan fingerprint density at radius 3 is 2.41 bits per heavy atom. The lowest BCUT2D eigenvalue weighted by atomic mass is 10.2. The molecule has 1 aromatic carbocycles. The molecule has 0 aliphatic heterocycles. The second kappa shape index (κ2) is 8.91. The van der Waals surface area contributed by atoms with Gasteiger partial charge in [-0.25, -0.2) is 0 Å². The zero-order valence-electron chi connectivity index (χ0n) is 14.4.